The highest BCUT2D eigenvalue weighted by Crippen LogP contribution is 2.24. The Kier molecular flexibility index (Phi) is 6.23. The van der Waals surface area contributed by atoms with Crippen LogP contribution >= 0.6 is 0 Å². The van der Waals surface area contributed by atoms with E-state index < -0.39 is 10.0 Å². The van der Waals surface area contributed by atoms with Gasteiger partial charge >= 0.3 is 0 Å². The number of carbonyl (C=O) groups excluding carboxylic acids is 1. The largest absolute Gasteiger partial charge is 0.326 e. The van der Waals surface area contributed by atoms with Gasteiger partial charge in [0.05, 0.1) is 11.9 Å². The summed E-state index contributed by atoms with van der Waals surface area (Å²) in [4.78, 5) is 12.4. The van der Waals surface area contributed by atoms with E-state index in [2.05, 4.69) is 5.32 Å². The molecule has 1 amide bonds. The van der Waals surface area contributed by atoms with Crippen LogP contribution in [-0.4, -0.2) is 27.1 Å². The average molecular weight is 411 g/mol. The number of amides is 1. The summed E-state index contributed by atoms with van der Waals surface area (Å²) < 4.78 is 25.9. The minimum absolute atomic E-state index is 0.130. The molecule has 0 spiro atoms. The molecule has 0 saturated carbocycles. The molecule has 0 aliphatic carbocycles. The van der Waals surface area contributed by atoms with Crippen molar-refractivity contribution in [1.29, 1.82) is 0 Å². The average Bonchev–Trinajstić information content (AvgIpc) is 2.67. The monoisotopic (exact) mass is 410 g/mol. The number of carbonyl (C=O) groups is 1. The van der Waals surface area contributed by atoms with Crippen LogP contribution < -0.4 is 9.62 Å². The Hall–Kier alpha value is -2.86. The Morgan fingerprint density at radius 1 is 0.966 bits per heavy atom. The van der Waals surface area contributed by atoms with Crippen molar-refractivity contribution >= 4 is 38.1 Å². The fourth-order valence-corrected chi connectivity index (χ4v) is 4.25. The van der Waals surface area contributed by atoms with Gasteiger partial charge in [0.1, 0.15) is 0 Å². The molecule has 0 saturated heterocycles. The molecule has 1 N–H and O–H groups in total. The predicted molar refractivity (Wildman–Crippen MR) is 120 cm³/mol. The minimum atomic E-state index is -3.43. The lowest BCUT2D eigenvalue weighted by Gasteiger charge is -2.23. The van der Waals surface area contributed by atoms with E-state index in [1.807, 2.05) is 68.4 Å². The number of fused-ring (bicyclic) bond motifs is 1. The number of anilines is 2. The summed E-state index contributed by atoms with van der Waals surface area (Å²) in [5.74, 6) is -0.130. The van der Waals surface area contributed by atoms with Crippen LogP contribution in [0.15, 0.2) is 60.7 Å². The fourth-order valence-electron chi connectivity index (χ4n) is 3.30. The number of aryl methyl sites for hydroxylation is 2. The SMILES string of the molecule is Cc1ccc(N(CCCC(=O)Nc2cccc3ccccc23)S(C)(=O)=O)cc1C. The first kappa shape index (κ1) is 20.9. The van der Waals surface area contributed by atoms with Crippen molar-refractivity contribution in [3.05, 3.63) is 71.8 Å². The van der Waals surface area contributed by atoms with Gasteiger partial charge in [0.2, 0.25) is 15.9 Å². The Bertz CT molecular complexity index is 1130. The zero-order chi connectivity index (χ0) is 21.0. The first-order valence-electron chi connectivity index (χ1n) is 9.58. The van der Waals surface area contributed by atoms with Gasteiger partial charge in [-0.1, -0.05) is 42.5 Å². The van der Waals surface area contributed by atoms with Crippen LogP contribution in [0.5, 0.6) is 0 Å². The maximum absolute atomic E-state index is 12.4. The van der Waals surface area contributed by atoms with E-state index in [1.54, 1.807) is 6.07 Å². The maximum atomic E-state index is 12.4. The number of nitrogens with one attached hydrogen (secondary N) is 1. The molecule has 5 nitrogen and oxygen atoms in total. The summed E-state index contributed by atoms with van der Waals surface area (Å²) in [5, 5.41) is 4.99. The van der Waals surface area contributed by atoms with Crippen LogP contribution in [0, 0.1) is 13.8 Å². The third-order valence-electron chi connectivity index (χ3n) is 5.01. The number of sulfonamides is 1. The van der Waals surface area contributed by atoms with E-state index in [-0.39, 0.29) is 18.9 Å². The second-order valence-corrected chi connectivity index (χ2v) is 9.19. The Balaban J connectivity index is 1.66. The second kappa shape index (κ2) is 8.66. The van der Waals surface area contributed by atoms with E-state index in [9.17, 15) is 13.2 Å². The summed E-state index contributed by atoms with van der Waals surface area (Å²) in [6, 6.07) is 19.2. The van der Waals surface area contributed by atoms with E-state index in [1.165, 1.54) is 10.6 Å². The van der Waals surface area contributed by atoms with Gasteiger partial charge in [0.15, 0.2) is 0 Å². The highest BCUT2D eigenvalue weighted by Gasteiger charge is 2.18. The molecule has 0 aliphatic rings. The molecule has 152 valence electrons. The third kappa shape index (κ3) is 5.15. The summed E-state index contributed by atoms with van der Waals surface area (Å²) >= 11 is 0. The van der Waals surface area contributed by atoms with Crippen molar-refractivity contribution in [3.8, 4) is 0 Å². The molecule has 0 aliphatic heterocycles. The number of hydrogen-bond donors (Lipinski definition) is 1. The third-order valence-corrected chi connectivity index (χ3v) is 6.20. The van der Waals surface area contributed by atoms with Crippen LogP contribution in [0.25, 0.3) is 10.8 Å². The molecule has 0 unspecified atom stereocenters. The molecule has 3 aromatic rings. The van der Waals surface area contributed by atoms with E-state index in [0.717, 1.165) is 27.6 Å². The Morgan fingerprint density at radius 2 is 1.69 bits per heavy atom. The zero-order valence-corrected chi connectivity index (χ0v) is 17.8. The van der Waals surface area contributed by atoms with Crippen molar-refractivity contribution < 1.29 is 13.2 Å². The molecule has 0 radical (unpaired) electrons. The minimum Gasteiger partial charge on any atom is -0.326 e. The van der Waals surface area contributed by atoms with Gasteiger partial charge in [0, 0.05) is 24.0 Å². The van der Waals surface area contributed by atoms with Crippen molar-refractivity contribution in [3.63, 3.8) is 0 Å². The van der Waals surface area contributed by atoms with E-state index in [0.29, 0.717) is 12.1 Å². The topological polar surface area (TPSA) is 66.5 Å². The van der Waals surface area contributed by atoms with Crippen molar-refractivity contribution in [2.24, 2.45) is 0 Å². The molecule has 0 bridgehead atoms. The molecule has 3 rings (SSSR count). The summed E-state index contributed by atoms with van der Waals surface area (Å²) in [6.07, 6.45) is 1.86. The second-order valence-electron chi connectivity index (χ2n) is 7.28. The molecular formula is C23H26N2O3S. The molecule has 0 heterocycles. The van der Waals surface area contributed by atoms with Crippen molar-refractivity contribution in [2.45, 2.75) is 26.7 Å². The van der Waals surface area contributed by atoms with Crippen LogP contribution in [0.4, 0.5) is 11.4 Å². The molecule has 0 aromatic heterocycles. The Morgan fingerprint density at radius 3 is 2.41 bits per heavy atom. The molecule has 6 heteroatoms. The molecule has 29 heavy (non-hydrogen) atoms. The standard InChI is InChI=1S/C23H26N2O3S/c1-17-13-14-20(16-18(17)2)25(29(3,27)28)15-7-12-23(26)24-22-11-6-9-19-8-4-5-10-21(19)22/h4-6,8-11,13-14,16H,7,12,15H2,1-3H3,(H,24,26). The Labute approximate surface area is 172 Å². The molecule has 3 aromatic carbocycles. The molecule has 0 atom stereocenters. The van der Waals surface area contributed by atoms with Crippen LogP contribution in [0.3, 0.4) is 0 Å². The predicted octanol–water partition coefficient (Wildman–Crippen LogP) is 4.64. The van der Waals surface area contributed by atoms with Gasteiger partial charge in [-0.15, -0.1) is 0 Å². The number of benzene rings is 3. The van der Waals surface area contributed by atoms with Crippen LogP contribution in [0.2, 0.25) is 0 Å². The van der Waals surface area contributed by atoms with Gasteiger partial charge in [-0.3, -0.25) is 9.10 Å². The smallest absolute Gasteiger partial charge is 0.232 e. The van der Waals surface area contributed by atoms with Gasteiger partial charge < -0.3 is 5.32 Å². The van der Waals surface area contributed by atoms with Gasteiger partial charge in [-0.25, -0.2) is 8.42 Å². The van der Waals surface area contributed by atoms with Crippen molar-refractivity contribution in [2.75, 3.05) is 22.4 Å². The maximum Gasteiger partial charge on any atom is 0.232 e. The molecular weight excluding hydrogens is 384 g/mol. The normalized spacial score (nSPS) is 11.4. The zero-order valence-electron chi connectivity index (χ0n) is 17.0. The quantitative estimate of drug-likeness (QED) is 0.617. The fraction of sp³-hybridized carbons (Fsp3) is 0.261. The summed E-state index contributed by atoms with van der Waals surface area (Å²) in [7, 11) is -3.43. The van der Waals surface area contributed by atoms with E-state index in [4.69, 9.17) is 0 Å². The van der Waals surface area contributed by atoms with Crippen molar-refractivity contribution in [1.82, 2.24) is 0 Å². The summed E-state index contributed by atoms with van der Waals surface area (Å²) in [5.41, 5.74) is 3.54. The lowest BCUT2D eigenvalue weighted by atomic mass is 10.1. The number of rotatable bonds is 7. The highest BCUT2D eigenvalue weighted by molar-refractivity contribution is 7.92. The number of nitrogens with zero attached hydrogens (tertiary/aromatic N) is 1. The van der Waals surface area contributed by atoms with E-state index >= 15 is 0 Å². The van der Waals surface area contributed by atoms with Gasteiger partial charge in [-0.05, 0) is 55.0 Å². The summed E-state index contributed by atoms with van der Waals surface area (Å²) in [6.45, 7) is 4.20. The molecule has 0 fully saturated rings. The van der Waals surface area contributed by atoms with Gasteiger partial charge in [0.25, 0.3) is 0 Å². The van der Waals surface area contributed by atoms with Crippen LogP contribution in [0.1, 0.15) is 24.0 Å². The van der Waals surface area contributed by atoms with Gasteiger partial charge in [-0.2, -0.15) is 0 Å². The highest BCUT2D eigenvalue weighted by atomic mass is 32.2. The first-order valence-corrected chi connectivity index (χ1v) is 11.4. The van der Waals surface area contributed by atoms with Crippen LogP contribution in [-0.2, 0) is 14.8 Å². The first-order chi connectivity index (χ1) is 13.8. The lowest BCUT2D eigenvalue weighted by Crippen LogP contribution is -2.31. The number of hydrogen-bond acceptors (Lipinski definition) is 3. The lowest BCUT2D eigenvalue weighted by molar-refractivity contribution is -0.116.